The Kier molecular flexibility index (Phi) is 7.68. The molecule has 2 amide bonds. The zero-order valence-electron chi connectivity index (χ0n) is 21.1. The number of nitrogens with one attached hydrogen (secondary N) is 3. The summed E-state index contributed by atoms with van der Waals surface area (Å²) in [6, 6.07) is 20.7. The van der Waals surface area contributed by atoms with Gasteiger partial charge in [-0.2, -0.15) is 5.26 Å². The molecule has 194 valence electrons. The molecule has 1 saturated heterocycles. The topological polar surface area (TPSA) is 116 Å². The number of carbonyl (C=O) groups is 1. The maximum Gasteiger partial charge on any atom is 0.320 e. The van der Waals surface area contributed by atoms with Crippen molar-refractivity contribution in [2.24, 2.45) is 0 Å². The van der Waals surface area contributed by atoms with Crippen LogP contribution < -0.4 is 20.7 Å². The summed E-state index contributed by atoms with van der Waals surface area (Å²) in [5.74, 6) is 1.88. The van der Waals surface area contributed by atoms with Crippen LogP contribution in [0.15, 0.2) is 66.9 Å². The fraction of sp³-hybridized carbons (Fsp3) is 0.250. The van der Waals surface area contributed by atoms with Crippen molar-refractivity contribution >= 4 is 28.7 Å². The Labute approximate surface area is 220 Å². The van der Waals surface area contributed by atoms with E-state index in [0.717, 1.165) is 49.8 Å². The van der Waals surface area contributed by atoms with Crippen molar-refractivity contribution < 1.29 is 14.3 Å². The molecule has 1 aliphatic heterocycles. The number of fused-ring (bicyclic) bond motifs is 1. The van der Waals surface area contributed by atoms with E-state index in [1.807, 2.05) is 61.5 Å². The third-order valence-corrected chi connectivity index (χ3v) is 6.31. The summed E-state index contributed by atoms with van der Waals surface area (Å²) in [6.07, 6.45) is 1.71. The second-order valence-corrected chi connectivity index (χ2v) is 8.88. The number of hydrogen-bond donors (Lipinski definition) is 3. The molecule has 1 fully saturated rings. The summed E-state index contributed by atoms with van der Waals surface area (Å²) in [4.78, 5) is 14.8. The normalized spacial score (nSPS) is 13.6. The second-order valence-electron chi connectivity index (χ2n) is 8.88. The van der Waals surface area contributed by atoms with Gasteiger partial charge in [0, 0.05) is 43.6 Å². The Morgan fingerprint density at radius 1 is 1.08 bits per heavy atom. The first kappa shape index (κ1) is 25.1. The number of nitriles is 1. The standard InChI is InChI=1S/C28H29N7O3/c1-20-26-25(31-22-7-9-24(10-8-22)38-23-5-3-2-4-6-23)21(19-29)11-13-35(26)33-27(20)32-28(36)30-12-14-34-15-17-37-18-16-34/h2-11,13,31H,12,14-18H2,1H3,(H2,30,32,33,36). The molecule has 1 aliphatic rings. The highest BCUT2D eigenvalue weighted by Gasteiger charge is 2.18. The van der Waals surface area contributed by atoms with E-state index >= 15 is 0 Å². The monoisotopic (exact) mass is 511 g/mol. The lowest BCUT2D eigenvalue weighted by Crippen LogP contribution is -2.42. The van der Waals surface area contributed by atoms with Crippen LogP contribution in [-0.4, -0.2) is 59.9 Å². The number of para-hydroxylation sites is 1. The third kappa shape index (κ3) is 5.86. The minimum atomic E-state index is -0.325. The number of carbonyl (C=O) groups excluding carboxylic acids is 1. The minimum Gasteiger partial charge on any atom is -0.457 e. The Hall–Kier alpha value is -4.59. The number of anilines is 3. The Morgan fingerprint density at radius 3 is 2.55 bits per heavy atom. The number of aromatic nitrogens is 2. The first-order chi connectivity index (χ1) is 18.6. The smallest absolute Gasteiger partial charge is 0.320 e. The molecule has 3 heterocycles. The van der Waals surface area contributed by atoms with Gasteiger partial charge in [0.15, 0.2) is 5.82 Å². The van der Waals surface area contributed by atoms with Crippen LogP contribution in [0.5, 0.6) is 11.5 Å². The first-order valence-electron chi connectivity index (χ1n) is 12.5. The summed E-state index contributed by atoms with van der Waals surface area (Å²) in [5, 5.41) is 23.4. The van der Waals surface area contributed by atoms with E-state index in [-0.39, 0.29) is 6.03 Å². The number of ether oxygens (including phenoxy) is 2. The minimum absolute atomic E-state index is 0.325. The molecule has 0 radical (unpaired) electrons. The van der Waals surface area contributed by atoms with Crippen LogP contribution in [0, 0.1) is 18.3 Å². The van der Waals surface area contributed by atoms with Crippen molar-refractivity contribution in [1.29, 1.82) is 5.26 Å². The number of nitrogens with zero attached hydrogens (tertiary/aromatic N) is 4. The highest BCUT2D eigenvalue weighted by Crippen LogP contribution is 2.32. The van der Waals surface area contributed by atoms with Crippen LogP contribution in [-0.2, 0) is 4.74 Å². The zero-order chi connectivity index (χ0) is 26.3. The van der Waals surface area contributed by atoms with Crippen LogP contribution in [0.4, 0.5) is 22.0 Å². The first-order valence-corrected chi connectivity index (χ1v) is 12.5. The van der Waals surface area contributed by atoms with Gasteiger partial charge in [-0.1, -0.05) is 18.2 Å². The van der Waals surface area contributed by atoms with Crippen molar-refractivity contribution in [2.45, 2.75) is 6.92 Å². The average Bonchev–Trinajstić information content (AvgIpc) is 3.26. The number of rotatable bonds is 8. The molecule has 38 heavy (non-hydrogen) atoms. The predicted octanol–water partition coefficient (Wildman–Crippen LogP) is 4.50. The lowest BCUT2D eigenvalue weighted by molar-refractivity contribution is 0.0388. The van der Waals surface area contributed by atoms with E-state index in [1.54, 1.807) is 16.8 Å². The maximum atomic E-state index is 12.6. The predicted molar refractivity (Wildman–Crippen MR) is 145 cm³/mol. The van der Waals surface area contributed by atoms with E-state index in [0.29, 0.717) is 34.9 Å². The molecule has 0 atom stereocenters. The molecule has 10 nitrogen and oxygen atoms in total. The number of aryl methyl sites for hydroxylation is 1. The molecular formula is C28H29N7O3. The Bertz CT molecular complexity index is 1440. The molecule has 0 aliphatic carbocycles. The van der Waals surface area contributed by atoms with Gasteiger partial charge >= 0.3 is 6.03 Å². The van der Waals surface area contributed by atoms with Crippen molar-refractivity contribution in [3.05, 3.63) is 78.0 Å². The zero-order valence-corrected chi connectivity index (χ0v) is 21.1. The molecule has 0 bridgehead atoms. The molecule has 0 spiro atoms. The third-order valence-electron chi connectivity index (χ3n) is 6.31. The van der Waals surface area contributed by atoms with Crippen LogP contribution in [0.2, 0.25) is 0 Å². The number of benzene rings is 2. The summed E-state index contributed by atoms with van der Waals surface area (Å²) in [5.41, 5.74) is 3.31. The Balaban J connectivity index is 1.29. The van der Waals surface area contributed by atoms with E-state index in [1.165, 1.54) is 0 Å². The molecule has 10 heteroatoms. The van der Waals surface area contributed by atoms with Crippen LogP contribution in [0.25, 0.3) is 5.52 Å². The van der Waals surface area contributed by atoms with E-state index in [2.05, 4.69) is 32.0 Å². The van der Waals surface area contributed by atoms with Gasteiger partial charge in [-0.3, -0.25) is 10.2 Å². The second kappa shape index (κ2) is 11.6. The maximum absolute atomic E-state index is 12.6. The van der Waals surface area contributed by atoms with Gasteiger partial charge in [0.25, 0.3) is 0 Å². The molecule has 2 aromatic carbocycles. The fourth-order valence-corrected chi connectivity index (χ4v) is 4.30. The van der Waals surface area contributed by atoms with Crippen molar-refractivity contribution in [3.8, 4) is 17.6 Å². The summed E-state index contributed by atoms with van der Waals surface area (Å²) in [7, 11) is 0. The summed E-state index contributed by atoms with van der Waals surface area (Å²) < 4.78 is 12.9. The number of pyridine rings is 1. The van der Waals surface area contributed by atoms with Gasteiger partial charge in [-0.05, 0) is 49.4 Å². The van der Waals surface area contributed by atoms with E-state index < -0.39 is 0 Å². The number of morpholine rings is 1. The van der Waals surface area contributed by atoms with Gasteiger partial charge in [0.05, 0.1) is 30.0 Å². The van der Waals surface area contributed by atoms with Gasteiger partial charge in [-0.15, -0.1) is 5.10 Å². The molecule has 3 N–H and O–H groups in total. The lowest BCUT2D eigenvalue weighted by Gasteiger charge is -2.26. The van der Waals surface area contributed by atoms with Gasteiger partial charge in [-0.25, -0.2) is 9.31 Å². The van der Waals surface area contributed by atoms with Gasteiger partial charge in [0.2, 0.25) is 0 Å². The quantitative estimate of drug-likeness (QED) is 0.319. The van der Waals surface area contributed by atoms with E-state index in [4.69, 9.17) is 9.47 Å². The molecule has 0 unspecified atom stereocenters. The number of amides is 2. The highest BCUT2D eigenvalue weighted by molar-refractivity contribution is 5.93. The van der Waals surface area contributed by atoms with Gasteiger partial charge in [0.1, 0.15) is 17.6 Å². The molecular weight excluding hydrogens is 482 g/mol. The van der Waals surface area contributed by atoms with Crippen molar-refractivity contribution in [1.82, 2.24) is 19.8 Å². The van der Waals surface area contributed by atoms with E-state index in [9.17, 15) is 10.1 Å². The van der Waals surface area contributed by atoms with Crippen molar-refractivity contribution in [2.75, 3.05) is 50.0 Å². The Morgan fingerprint density at radius 2 is 1.82 bits per heavy atom. The van der Waals surface area contributed by atoms with Crippen LogP contribution in [0.3, 0.4) is 0 Å². The average molecular weight is 512 g/mol. The van der Waals surface area contributed by atoms with Crippen LogP contribution >= 0.6 is 0 Å². The fourth-order valence-electron chi connectivity index (χ4n) is 4.30. The highest BCUT2D eigenvalue weighted by atomic mass is 16.5. The van der Waals surface area contributed by atoms with Crippen molar-refractivity contribution in [3.63, 3.8) is 0 Å². The van der Waals surface area contributed by atoms with Gasteiger partial charge < -0.3 is 20.1 Å². The molecule has 0 saturated carbocycles. The lowest BCUT2D eigenvalue weighted by atomic mass is 10.1. The number of urea groups is 1. The molecule has 2 aromatic heterocycles. The summed E-state index contributed by atoms with van der Waals surface area (Å²) in [6.45, 7) is 6.33. The molecule has 4 aromatic rings. The SMILES string of the molecule is Cc1c(NC(=O)NCCN2CCOCC2)nn2ccc(C#N)c(Nc3ccc(Oc4ccccc4)cc3)c12. The van der Waals surface area contributed by atoms with Crippen LogP contribution in [0.1, 0.15) is 11.1 Å². The molecule has 5 rings (SSSR count). The largest absolute Gasteiger partial charge is 0.457 e. The number of hydrogen-bond acceptors (Lipinski definition) is 7. The summed E-state index contributed by atoms with van der Waals surface area (Å²) >= 11 is 0.